The molecule has 182 valence electrons. The van der Waals surface area contributed by atoms with E-state index >= 15 is 0 Å². The van der Waals surface area contributed by atoms with Crippen LogP contribution in [-0.2, 0) is 13.0 Å². The third-order valence-electron chi connectivity index (χ3n) is 7.11. The van der Waals surface area contributed by atoms with E-state index in [1.165, 1.54) is 11.1 Å². The van der Waals surface area contributed by atoms with Crippen molar-refractivity contribution in [1.82, 2.24) is 34.4 Å². The molecule has 1 unspecified atom stereocenters. The van der Waals surface area contributed by atoms with Gasteiger partial charge >= 0.3 is 0 Å². The Morgan fingerprint density at radius 3 is 2.72 bits per heavy atom. The number of aryl methyl sites for hydroxylation is 2. The van der Waals surface area contributed by atoms with Gasteiger partial charge in [0.25, 0.3) is 0 Å². The molecule has 0 spiro atoms. The number of rotatable bonds is 5. The molecular weight excluding hydrogens is 446 g/mol. The molecule has 0 amide bonds. The molecule has 1 N–H and O–H groups in total. The summed E-state index contributed by atoms with van der Waals surface area (Å²) < 4.78 is 1.79. The van der Waals surface area contributed by atoms with Crippen molar-refractivity contribution >= 4 is 5.65 Å². The van der Waals surface area contributed by atoms with Crippen LogP contribution < -0.4 is 0 Å². The lowest BCUT2D eigenvalue weighted by Crippen LogP contribution is -2.43. The van der Waals surface area contributed by atoms with Gasteiger partial charge in [-0.15, -0.1) is 0 Å². The molecule has 0 saturated carbocycles. The standard InChI is InChI=1S/C29H31N7/c1-19-8-7-11-23(32-19)28-27(21-13-15-26-30-18-31-36(26)16-21)33-25(34-28)17-35(29(2,3)4)24-14-12-20-9-5-6-10-22(20)24/h5-11,13,15-16,18,24H,12,14,17H2,1-4H3,(H,33,34). The molecule has 4 heterocycles. The van der Waals surface area contributed by atoms with Crippen molar-refractivity contribution in [1.29, 1.82) is 0 Å². The summed E-state index contributed by atoms with van der Waals surface area (Å²) in [5, 5.41) is 4.33. The van der Waals surface area contributed by atoms with Crippen LogP contribution in [0, 0.1) is 6.92 Å². The van der Waals surface area contributed by atoms with Gasteiger partial charge in [0.15, 0.2) is 5.65 Å². The predicted octanol–water partition coefficient (Wildman–Crippen LogP) is 5.78. The highest BCUT2D eigenvalue weighted by atomic mass is 15.3. The summed E-state index contributed by atoms with van der Waals surface area (Å²) >= 11 is 0. The molecule has 1 atom stereocenters. The summed E-state index contributed by atoms with van der Waals surface area (Å²) in [5.74, 6) is 0.932. The number of pyridine rings is 2. The molecule has 0 saturated heterocycles. The number of fused-ring (bicyclic) bond motifs is 2. The van der Waals surface area contributed by atoms with Crippen LogP contribution in [0.2, 0.25) is 0 Å². The van der Waals surface area contributed by atoms with Crippen LogP contribution in [0.4, 0.5) is 0 Å². The maximum Gasteiger partial charge on any atom is 0.155 e. The number of H-pyrrole nitrogens is 1. The lowest BCUT2D eigenvalue weighted by atomic mass is 9.99. The van der Waals surface area contributed by atoms with Crippen molar-refractivity contribution in [2.45, 2.75) is 58.7 Å². The SMILES string of the molecule is Cc1cccc(-c2nc(CN(C3CCc4ccccc43)C(C)(C)C)[nH]c2-c2ccc3ncnn3c2)n1. The minimum Gasteiger partial charge on any atom is -0.340 e. The van der Waals surface area contributed by atoms with Crippen molar-refractivity contribution in [3.05, 3.63) is 89.8 Å². The van der Waals surface area contributed by atoms with Crippen molar-refractivity contribution in [2.75, 3.05) is 0 Å². The fourth-order valence-electron chi connectivity index (χ4n) is 5.37. The van der Waals surface area contributed by atoms with E-state index in [2.05, 4.69) is 71.1 Å². The highest BCUT2D eigenvalue weighted by molar-refractivity contribution is 5.77. The molecule has 1 aromatic carbocycles. The minimum atomic E-state index is -0.0313. The zero-order chi connectivity index (χ0) is 24.9. The van der Waals surface area contributed by atoms with Crippen molar-refractivity contribution in [3.8, 4) is 22.6 Å². The Labute approximate surface area is 211 Å². The Morgan fingerprint density at radius 2 is 1.89 bits per heavy atom. The van der Waals surface area contributed by atoms with Crippen LogP contribution in [0.15, 0.2) is 67.1 Å². The predicted molar refractivity (Wildman–Crippen MR) is 141 cm³/mol. The molecule has 36 heavy (non-hydrogen) atoms. The van der Waals surface area contributed by atoms with Gasteiger partial charge in [-0.1, -0.05) is 30.3 Å². The molecule has 0 fully saturated rings. The van der Waals surface area contributed by atoms with Crippen LogP contribution in [0.5, 0.6) is 0 Å². The fourth-order valence-corrected chi connectivity index (χ4v) is 5.37. The Bertz CT molecular complexity index is 1540. The molecular formula is C29H31N7. The van der Waals surface area contributed by atoms with E-state index < -0.39 is 0 Å². The van der Waals surface area contributed by atoms with E-state index in [0.29, 0.717) is 12.6 Å². The Kier molecular flexibility index (Phi) is 5.45. The number of nitrogens with one attached hydrogen (secondary N) is 1. The Morgan fingerprint density at radius 1 is 1.03 bits per heavy atom. The van der Waals surface area contributed by atoms with E-state index in [1.54, 1.807) is 10.8 Å². The molecule has 0 radical (unpaired) electrons. The second-order valence-corrected chi connectivity index (χ2v) is 10.6. The first-order chi connectivity index (χ1) is 17.4. The summed E-state index contributed by atoms with van der Waals surface area (Å²) in [7, 11) is 0. The van der Waals surface area contributed by atoms with Crippen molar-refractivity contribution < 1.29 is 0 Å². The molecule has 4 aromatic heterocycles. The first-order valence-corrected chi connectivity index (χ1v) is 12.5. The number of aromatic amines is 1. The molecule has 0 aliphatic heterocycles. The lowest BCUT2D eigenvalue weighted by Gasteiger charge is -2.40. The van der Waals surface area contributed by atoms with Crippen LogP contribution in [0.25, 0.3) is 28.3 Å². The first-order valence-electron chi connectivity index (χ1n) is 12.5. The maximum absolute atomic E-state index is 5.14. The monoisotopic (exact) mass is 477 g/mol. The van der Waals surface area contributed by atoms with Gasteiger partial charge < -0.3 is 4.98 Å². The highest BCUT2D eigenvalue weighted by Gasteiger charge is 2.35. The van der Waals surface area contributed by atoms with Crippen molar-refractivity contribution in [2.24, 2.45) is 0 Å². The summed E-state index contributed by atoms with van der Waals surface area (Å²) in [6.07, 6.45) is 5.81. The summed E-state index contributed by atoms with van der Waals surface area (Å²) in [4.78, 5) is 20.5. The number of benzene rings is 1. The average molecular weight is 478 g/mol. The molecule has 1 aliphatic rings. The van der Waals surface area contributed by atoms with E-state index in [9.17, 15) is 0 Å². The van der Waals surface area contributed by atoms with Crippen LogP contribution in [-0.4, -0.2) is 40.0 Å². The first kappa shape index (κ1) is 22.6. The van der Waals surface area contributed by atoms with Gasteiger partial charge in [-0.2, -0.15) is 5.10 Å². The Hall–Kier alpha value is -3.84. The minimum absolute atomic E-state index is 0.0313. The molecule has 7 heteroatoms. The quantitative estimate of drug-likeness (QED) is 0.347. The zero-order valence-electron chi connectivity index (χ0n) is 21.2. The van der Waals surface area contributed by atoms with Gasteiger partial charge in [-0.05, 0) is 75.9 Å². The van der Waals surface area contributed by atoms with E-state index in [4.69, 9.17) is 9.97 Å². The van der Waals surface area contributed by atoms with Crippen LogP contribution in [0.1, 0.15) is 55.9 Å². The van der Waals surface area contributed by atoms with Gasteiger partial charge in [0.1, 0.15) is 17.8 Å². The molecule has 0 bridgehead atoms. The highest BCUT2D eigenvalue weighted by Crippen LogP contribution is 2.40. The van der Waals surface area contributed by atoms with Crippen LogP contribution in [0.3, 0.4) is 0 Å². The van der Waals surface area contributed by atoms with Gasteiger partial charge in [0.05, 0.1) is 17.9 Å². The Balaban J connectivity index is 1.44. The number of nitrogens with zero attached hydrogens (tertiary/aromatic N) is 6. The number of aromatic nitrogens is 6. The van der Waals surface area contributed by atoms with Crippen LogP contribution >= 0.6 is 0 Å². The second kappa shape index (κ2) is 8.68. The average Bonchev–Trinajstić information content (AvgIpc) is 3.59. The normalized spacial score (nSPS) is 15.6. The van der Waals surface area contributed by atoms with Gasteiger partial charge in [0, 0.05) is 29.0 Å². The third-order valence-corrected chi connectivity index (χ3v) is 7.11. The van der Waals surface area contributed by atoms with Gasteiger partial charge in [0.2, 0.25) is 0 Å². The molecule has 6 rings (SSSR count). The lowest BCUT2D eigenvalue weighted by molar-refractivity contribution is 0.0697. The topological polar surface area (TPSA) is 75.0 Å². The second-order valence-electron chi connectivity index (χ2n) is 10.6. The maximum atomic E-state index is 5.14. The van der Waals surface area contributed by atoms with Crippen molar-refractivity contribution in [3.63, 3.8) is 0 Å². The molecule has 1 aliphatic carbocycles. The summed E-state index contributed by atoms with van der Waals surface area (Å²) in [6.45, 7) is 9.60. The van der Waals surface area contributed by atoms with Gasteiger partial charge in [-0.3, -0.25) is 9.88 Å². The number of hydrogen-bond acceptors (Lipinski definition) is 5. The molecule has 5 aromatic rings. The number of hydrogen-bond donors (Lipinski definition) is 1. The smallest absolute Gasteiger partial charge is 0.155 e. The summed E-state index contributed by atoms with van der Waals surface area (Å²) in [6, 6.07) is 19.3. The fraction of sp³-hybridized carbons (Fsp3) is 0.310. The zero-order valence-corrected chi connectivity index (χ0v) is 21.2. The van der Waals surface area contributed by atoms with E-state index in [1.807, 2.05) is 37.4 Å². The molecule has 7 nitrogen and oxygen atoms in total. The summed E-state index contributed by atoms with van der Waals surface area (Å²) in [5.41, 5.74) is 8.31. The number of imidazole rings is 1. The van der Waals surface area contributed by atoms with E-state index in [0.717, 1.165) is 52.7 Å². The third kappa shape index (κ3) is 4.09. The van der Waals surface area contributed by atoms with E-state index in [-0.39, 0.29) is 5.54 Å². The largest absolute Gasteiger partial charge is 0.340 e. The van der Waals surface area contributed by atoms with Gasteiger partial charge in [-0.25, -0.2) is 14.5 Å².